The number of rotatable bonds is 10. The SMILES string of the molecule is CC(C)c1ccccc1OCCn1c(CCCNC(=O)c2ccco2)nc2ccccc21. The molecular weight excluding hydrogens is 402 g/mol. The first kappa shape index (κ1) is 21.7. The molecule has 0 atom stereocenters. The van der Waals surface area contributed by atoms with E-state index in [1.54, 1.807) is 12.1 Å². The number of hydrogen-bond acceptors (Lipinski definition) is 4. The van der Waals surface area contributed by atoms with Crippen LogP contribution in [0, 0.1) is 0 Å². The summed E-state index contributed by atoms with van der Waals surface area (Å²) >= 11 is 0. The number of amides is 1. The van der Waals surface area contributed by atoms with Crippen molar-refractivity contribution in [3.8, 4) is 5.75 Å². The minimum absolute atomic E-state index is 0.194. The van der Waals surface area contributed by atoms with Crippen LogP contribution < -0.4 is 10.1 Å². The third kappa shape index (κ3) is 5.02. The average molecular weight is 432 g/mol. The Labute approximate surface area is 188 Å². The van der Waals surface area contributed by atoms with Gasteiger partial charge < -0.3 is 19.0 Å². The zero-order valence-electron chi connectivity index (χ0n) is 18.6. The van der Waals surface area contributed by atoms with E-state index in [1.165, 1.54) is 11.8 Å². The van der Waals surface area contributed by atoms with Crippen molar-refractivity contribution in [1.82, 2.24) is 14.9 Å². The van der Waals surface area contributed by atoms with E-state index in [-0.39, 0.29) is 5.91 Å². The fraction of sp³-hybridized carbons (Fsp3) is 0.308. The Morgan fingerprint density at radius 1 is 1.09 bits per heavy atom. The van der Waals surface area contributed by atoms with Gasteiger partial charge in [-0.25, -0.2) is 4.98 Å². The summed E-state index contributed by atoms with van der Waals surface area (Å²) < 4.78 is 13.5. The summed E-state index contributed by atoms with van der Waals surface area (Å²) in [6.07, 6.45) is 3.04. The molecule has 0 bridgehead atoms. The molecule has 0 aliphatic carbocycles. The van der Waals surface area contributed by atoms with Crippen LogP contribution in [-0.4, -0.2) is 28.6 Å². The van der Waals surface area contributed by atoms with Gasteiger partial charge in [0.25, 0.3) is 5.91 Å². The van der Waals surface area contributed by atoms with Gasteiger partial charge in [-0.2, -0.15) is 0 Å². The molecule has 2 heterocycles. The number of aromatic nitrogens is 2. The number of furan rings is 1. The Hall–Kier alpha value is -3.54. The molecule has 0 spiro atoms. The number of benzene rings is 2. The number of nitrogens with one attached hydrogen (secondary N) is 1. The maximum Gasteiger partial charge on any atom is 0.286 e. The first-order chi connectivity index (χ1) is 15.6. The summed E-state index contributed by atoms with van der Waals surface area (Å²) in [7, 11) is 0. The monoisotopic (exact) mass is 431 g/mol. The highest BCUT2D eigenvalue weighted by Crippen LogP contribution is 2.26. The van der Waals surface area contributed by atoms with Gasteiger partial charge in [0.1, 0.15) is 18.2 Å². The number of hydrogen-bond donors (Lipinski definition) is 1. The number of imidazole rings is 1. The van der Waals surface area contributed by atoms with Crippen molar-refractivity contribution in [2.24, 2.45) is 0 Å². The van der Waals surface area contributed by atoms with Crippen molar-refractivity contribution in [1.29, 1.82) is 0 Å². The molecule has 4 aromatic rings. The molecule has 4 rings (SSSR count). The number of aryl methyl sites for hydroxylation is 1. The molecule has 0 aliphatic rings. The number of carbonyl (C=O) groups is 1. The van der Waals surface area contributed by atoms with Crippen molar-refractivity contribution >= 4 is 16.9 Å². The Morgan fingerprint density at radius 2 is 1.91 bits per heavy atom. The zero-order chi connectivity index (χ0) is 22.3. The molecule has 0 saturated carbocycles. The Bertz CT molecular complexity index is 1160. The molecule has 6 nitrogen and oxygen atoms in total. The number of carbonyl (C=O) groups excluding carboxylic acids is 1. The highest BCUT2D eigenvalue weighted by atomic mass is 16.5. The largest absolute Gasteiger partial charge is 0.491 e. The van der Waals surface area contributed by atoms with Crippen molar-refractivity contribution in [3.05, 3.63) is 84.1 Å². The van der Waals surface area contributed by atoms with Crippen LogP contribution >= 0.6 is 0 Å². The van der Waals surface area contributed by atoms with E-state index in [0.717, 1.165) is 35.4 Å². The number of para-hydroxylation sites is 3. The second-order valence-corrected chi connectivity index (χ2v) is 8.05. The van der Waals surface area contributed by atoms with Crippen LogP contribution in [0.2, 0.25) is 0 Å². The van der Waals surface area contributed by atoms with Crippen molar-refractivity contribution < 1.29 is 13.9 Å². The predicted molar refractivity (Wildman–Crippen MR) is 125 cm³/mol. The smallest absolute Gasteiger partial charge is 0.286 e. The van der Waals surface area contributed by atoms with Crippen molar-refractivity contribution in [2.45, 2.75) is 39.2 Å². The third-order valence-corrected chi connectivity index (χ3v) is 5.45. The lowest BCUT2D eigenvalue weighted by Gasteiger charge is -2.15. The van der Waals surface area contributed by atoms with E-state index in [9.17, 15) is 4.79 Å². The molecular formula is C26H29N3O3. The van der Waals surface area contributed by atoms with Gasteiger partial charge in [0, 0.05) is 13.0 Å². The second-order valence-electron chi connectivity index (χ2n) is 8.05. The normalized spacial score (nSPS) is 11.2. The van der Waals surface area contributed by atoms with E-state index in [2.05, 4.69) is 35.9 Å². The van der Waals surface area contributed by atoms with Crippen LogP contribution in [0.4, 0.5) is 0 Å². The first-order valence-corrected chi connectivity index (χ1v) is 11.1. The van der Waals surface area contributed by atoms with Crippen LogP contribution in [0.15, 0.2) is 71.3 Å². The zero-order valence-corrected chi connectivity index (χ0v) is 18.6. The number of ether oxygens (including phenoxy) is 1. The second kappa shape index (κ2) is 10.2. The maximum absolute atomic E-state index is 12.0. The highest BCUT2D eigenvalue weighted by Gasteiger charge is 2.13. The summed E-state index contributed by atoms with van der Waals surface area (Å²) in [5.74, 6) is 2.48. The fourth-order valence-corrected chi connectivity index (χ4v) is 3.84. The van der Waals surface area contributed by atoms with Crippen LogP contribution in [0.1, 0.15) is 48.1 Å². The average Bonchev–Trinajstić information content (AvgIpc) is 3.45. The summed E-state index contributed by atoms with van der Waals surface area (Å²) in [5.41, 5.74) is 3.29. The van der Waals surface area contributed by atoms with Gasteiger partial charge in [-0.1, -0.05) is 44.2 Å². The van der Waals surface area contributed by atoms with Crippen LogP contribution in [0.25, 0.3) is 11.0 Å². The molecule has 0 saturated heterocycles. The van der Waals surface area contributed by atoms with Crippen LogP contribution in [-0.2, 0) is 13.0 Å². The van der Waals surface area contributed by atoms with Crippen molar-refractivity contribution in [2.75, 3.05) is 13.2 Å². The predicted octanol–water partition coefficient (Wildman–Crippen LogP) is 5.19. The van der Waals surface area contributed by atoms with Gasteiger partial charge in [0.05, 0.1) is 23.8 Å². The molecule has 1 N–H and O–H groups in total. The molecule has 32 heavy (non-hydrogen) atoms. The quantitative estimate of drug-likeness (QED) is 0.351. The molecule has 0 fully saturated rings. The molecule has 6 heteroatoms. The van der Waals surface area contributed by atoms with E-state index >= 15 is 0 Å². The molecule has 2 aromatic heterocycles. The highest BCUT2D eigenvalue weighted by molar-refractivity contribution is 5.91. The van der Waals surface area contributed by atoms with Gasteiger partial charge in [0.15, 0.2) is 5.76 Å². The van der Waals surface area contributed by atoms with E-state index in [1.807, 2.05) is 36.4 Å². The number of fused-ring (bicyclic) bond motifs is 1. The molecule has 0 unspecified atom stereocenters. The van der Waals surface area contributed by atoms with Gasteiger partial charge >= 0.3 is 0 Å². The van der Waals surface area contributed by atoms with E-state index in [0.29, 0.717) is 31.4 Å². The van der Waals surface area contributed by atoms with Crippen LogP contribution in [0.5, 0.6) is 5.75 Å². The summed E-state index contributed by atoms with van der Waals surface area (Å²) in [6, 6.07) is 19.7. The Kier molecular flexibility index (Phi) is 6.90. The fourth-order valence-electron chi connectivity index (χ4n) is 3.84. The maximum atomic E-state index is 12.0. The Morgan fingerprint density at radius 3 is 2.72 bits per heavy atom. The van der Waals surface area contributed by atoms with E-state index in [4.69, 9.17) is 14.1 Å². The minimum Gasteiger partial charge on any atom is -0.491 e. The molecule has 1 amide bonds. The van der Waals surface area contributed by atoms with Crippen molar-refractivity contribution in [3.63, 3.8) is 0 Å². The van der Waals surface area contributed by atoms with Gasteiger partial charge in [0.2, 0.25) is 0 Å². The lowest BCUT2D eigenvalue weighted by atomic mass is 10.0. The van der Waals surface area contributed by atoms with Gasteiger partial charge in [-0.3, -0.25) is 4.79 Å². The molecule has 0 radical (unpaired) electrons. The standard InChI is InChI=1S/C26H29N3O3/c1-19(2)20-9-3-6-12-23(20)32-18-16-29-22-11-5-4-10-21(22)28-25(29)14-7-15-27-26(30)24-13-8-17-31-24/h3-6,8-13,17,19H,7,14-16,18H2,1-2H3,(H,27,30). The summed E-state index contributed by atoms with van der Waals surface area (Å²) in [4.78, 5) is 16.9. The van der Waals surface area contributed by atoms with Gasteiger partial charge in [-0.05, 0) is 48.2 Å². The minimum atomic E-state index is -0.194. The molecule has 166 valence electrons. The summed E-state index contributed by atoms with van der Waals surface area (Å²) in [5, 5.41) is 2.90. The number of nitrogens with zero attached hydrogens (tertiary/aromatic N) is 2. The lowest BCUT2D eigenvalue weighted by molar-refractivity contribution is 0.0925. The molecule has 0 aliphatic heterocycles. The topological polar surface area (TPSA) is 69.3 Å². The lowest BCUT2D eigenvalue weighted by Crippen LogP contribution is -2.24. The first-order valence-electron chi connectivity index (χ1n) is 11.1. The summed E-state index contributed by atoms with van der Waals surface area (Å²) in [6.45, 7) is 6.18. The Balaban J connectivity index is 1.40. The van der Waals surface area contributed by atoms with Crippen LogP contribution in [0.3, 0.4) is 0 Å². The van der Waals surface area contributed by atoms with Gasteiger partial charge in [-0.15, -0.1) is 0 Å². The van der Waals surface area contributed by atoms with E-state index < -0.39 is 0 Å². The third-order valence-electron chi connectivity index (χ3n) is 5.45. The molecule has 2 aromatic carbocycles.